The molecule has 0 bridgehead atoms. The molecule has 34 heavy (non-hydrogen) atoms. The minimum atomic E-state index is -0.411. The van der Waals surface area contributed by atoms with E-state index in [-0.39, 0.29) is 17.2 Å². The molecule has 3 aromatic carbocycles. The monoisotopic (exact) mass is 475 g/mol. The molecule has 4 aromatic rings. The van der Waals surface area contributed by atoms with Crippen LogP contribution < -0.4 is 10.2 Å². The Hall–Kier alpha value is -3.98. The van der Waals surface area contributed by atoms with Gasteiger partial charge >= 0.3 is 0 Å². The smallest absolute Gasteiger partial charge is 0.250 e. The van der Waals surface area contributed by atoms with Gasteiger partial charge in [-0.3, -0.25) is 9.36 Å². The van der Waals surface area contributed by atoms with Gasteiger partial charge < -0.3 is 4.74 Å². The fourth-order valence-electron chi connectivity index (χ4n) is 3.13. The fraction of sp³-hybridized carbons (Fsp3) is 0.120. The summed E-state index contributed by atoms with van der Waals surface area (Å²) >= 11 is 1.23. The van der Waals surface area contributed by atoms with E-state index in [1.807, 2.05) is 60.0 Å². The molecule has 172 valence electrons. The molecule has 1 amide bonds. The van der Waals surface area contributed by atoms with Crippen molar-refractivity contribution >= 4 is 23.9 Å². The van der Waals surface area contributed by atoms with E-state index in [0.29, 0.717) is 11.0 Å². The minimum Gasteiger partial charge on any atom is -0.497 e. The Balaban J connectivity index is 1.53. The average Bonchev–Trinajstić information content (AvgIpc) is 3.28. The maximum Gasteiger partial charge on any atom is 0.250 e. The number of ether oxygens (including phenoxy) is 1. The lowest BCUT2D eigenvalue weighted by Gasteiger charge is -2.11. The standard InChI is InChI=1S/C25H22FN5O2S/c1-17-7-9-18(10-8-17)24-29-30-25(31(24)20-11-13-21(33-2)14-12-20)34-16-23(32)28-27-15-19-5-3-4-6-22(19)26/h3-15H,16H2,1-2H3,(H,28,32)/b27-15-. The van der Waals surface area contributed by atoms with Crippen molar-refractivity contribution < 1.29 is 13.9 Å². The second-order valence-electron chi connectivity index (χ2n) is 7.31. The highest BCUT2D eigenvalue weighted by molar-refractivity contribution is 7.99. The number of benzene rings is 3. The summed E-state index contributed by atoms with van der Waals surface area (Å²) in [5.41, 5.74) is 5.58. The third kappa shape index (κ3) is 5.49. The Morgan fingerprint density at radius 2 is 1.82 bits per heavy atom. The van der Waals surface area contributed by atoms with Crippen LogP contribution in [-0.2, 0) is 4.79 Å². The summed E-state index contributed by atoms with van der Waals surface area (Å²) in [5, 5.41) is 13.1. The summed E-state index contributed by atoms with van der Waals surface area (Å²) < 4.78 is 20.8. The maximum absolute atomic E-state index is 13.7. The Kier molecular flexibility index (Phi) is 7.34. The summed E-state index contributed by atoms with van der Waals surface area (Å²) in [6.07, 6.45) is 1.27. The van der Waals surface area contributed by atoms with E-state index >= 15 is 0 Å². The second-order valence-corrected chi connectivity index (χ2v) is 8.25. The molecule has 4 rings (SSSR count). The van der Waals surface area contributed by atoms with Crippen molar-refractivity contribution in [3.63, 3.8) is 0 Å². The van der Waals surface area contributed by atoms with Crippen molar-refractivity contribution in [2.24, 2.45) is 5.10 Å². The molecular formula is C25H22FN5O2S. The van der Waals surface area contributed by atoms with Crippen LogP contribution >= 0.6 is 11.8 Å². The second kappa shape index (κ2) is 10.8. The number of hydrazone groups is 1. The van der Waals surface area contributed by atoms with Crippen molar-refractivity contribution in [3.8, 4) is 22.8 Å². The quantitative estimate of drug-likeness (QED) is 0.228. The molecule has 0 unspecified atom stereocenters. The number of methoxy groups -OCH3 is 1. The summed E-state index contributed by atoms with van der Waals surface area (Å²) in [7, 11) is 1.61. The van der Waals surface area contributed by atoms with Gasteiger partial charge in [0.25, 0.3) is 5.91 Å². The van der Waals surface area contributed by atoms with E-state index < -0.39 is 5.82 Å². The molecule has 9 heteroatoms. The van der Waals surface area contributed by atoms with Crippen LogP contribution in [0.5, 0.6) is 5.75 Å². The summed E-state index contributed by atoms with van der Waals surface area (Å²) in [6, 6.07) is 21.7. The fourth-order valence-corrected chi connectivity index (χ4v) is 3.88. The van der Waals surface area contributed by atoms with E-state index in [2.05, 4.69) is 20.7 Å². The minimum absolute atomic E-state index is 0.0524. The van der Waals surface area contributed by atoms with Gasteiger partial charge in [-0.2, -0.15) is 5.10 Å². The number of amides is 1. The molecule has 0 saturated carbocycles. The lowest BCUT2D eigenvalue weighted by Crippen LogP contribution is -2.20. The zero-order valence-corrected chi connectivity index (χ0v) is 19.4. The normalized spacial score (nSPS) is 11.0. The van der Waals surface area contributed by atoms with Crippen molar-refractivity contribution in [3.05, 3.63) is 89.7 Å². The van der Waals surface area contributed by atoms with Crippen LogP contribution in [-0.4, -0.2) is 39.7 Å². The van der Waals surface area contributed by atoms with Gasteiger partial charge in [0.15, 0.2) is 11.0 Å². The maximum atomic E-state index is 13.7. The molecule has 7 nitrogen and oxygen atoms in total. The number of carbonyl (C=O) groups is 1. The summed E-state index contributed by atoms with van der Waals surface area (Å²) in [5.74, 6) is 0.682. The molecule has 0 fully saturated rings. The SMILES string of the molecule is COc1ccc(-n2c(SCC(=O)N/N=C\c3ccccc3F)nnc2-c2ccc(C)cc2)cc1. The van der Waals surface area contributed by atoms with E-state index in [4.69, 9.17) is 4.74 Å². The lowest BCUT2D eigenvalue weighted by atomic mass is 10.1. The first kappa shape index (κ1) is 23.2. The molecule has 0 aliphatic rings. The van der Waals surface area contributed by atoms with E-state index in [1.165, 1.54) is 24.0 Å². The third-order valence-electron chi connectivity index (χ3n) is 4.90. The number of nitrogens with one attached hydrogen (secondary N) is 1. The number of nitrogens with zero attached hydrogens (tertiary/aromatic N) is 4. The third-order valence-corrected chi connectivity index (χ3v) is 5.83. The molecule has 0 radical (unpaired) electrons. The van der Waals surface area contributed by atoms with Crippen molar-refractivity contribution in [1.82, 2.24) is 20.2 Å². The number of hydrogen-bond donors (Lipinski definition) is 1. The van der Waals surface area contributed by atoms with Crippen LogP contribution in [0.2, 0.25) is 0 Å². The number of hydrogen-bond acceptors (Lipinski definition) is 6. The Bertz CT molecular complexity index is 1300. The number of halogens is 1. The Morgan fingerprint density at radius 3 is 2.53 bits per heavy atom. The zero-order valence-electron chi connectivity index (χ0n) is 18.6. The highest BCUT2D eigenvalue weighted by Crippen LogP contribution is 2.29. The lowest BCUT2D eigenvalue weighted by molar-refractivity contribution is -0.118. The topological polar surface area (TPSA) is 81.4 Å². The number of aromatic nitrogens is 3. The van der Waals surface area contributed by atoms with E-state index in [0.717, 1.165) is 22.6 Å². The molecule has 1 aromatic heterocycles. The Labute approximate surface area is 200 Å². The van der Waals surface area contributed by atoms with Gasteiger partial charge in [-0.15, -0.1) is 10.2 Å². The molecule has 0 spiro atoms. The summed E-state index contributed by atoms with van der Waals surface area (Å²) in [6.45, 7) is 2.02. The van der Waals surface area contributed by atoms with Crippen LogP contribution in [0.1, 0.15) is 11.1 Å². The van der Waals surface area contributed by atoms with Crippen LogP contribution in [0, 0.1) is 12.7 Å². The molecule has 1 N–H and O–H groups in total. The van der Waals surface area contributed by atoms with Gasteiger partial charge in [0.1, 0.15) is 11.6 Å². The van der Waals surface area contributed by atoms with Gasteiger partial charge in [0, 0.05) is 16.8 Å². The molecule has 0 saturated heterocycles. The van der Waals surface area contributed by atoms with Gasteiger partial charge in [-0.25, -0.2) is 9.82 Å². The van der Waals surface area contributed by atoms with Gasteiger partial charge in [-0.1, -0.05) is 59.8 Å². The zero-order chi connectivity index (χ0) is 23.9. The highest BCUT2D eigenvalue weighted by atomic mass is 32.2. The Morgan fingerprint density at radius 1 is 1.09 bits per heavy atom. The van der Waals surface area contributed by atoms with Gasteiger partial charge in [-0.05, 0) is 37.3 Å². The molecule has 0 aliphatic carbocycles. The first-order valence-corrected chi connectivity index (χ1v) is 11.4. The number of rotatable bonds is 8. The van der Waals surface area contributed by atoms with Crippen molar-refractivity contribution in [2.45, 2.75) is 12.1 Å². The predicted octanol–water partition coefficient (Wildman–Crippen LogP) is 4.63. The number of thioether (sulfide) groups is 1. The van der Waals surface area contributed by atoms with E-state index in [9.17, 15) is 9.18 Å². The van der Waals surface area contributed by atoms with Gasteiger partial charge in [0.05, 0.1) is 19.1 Å². The number of aryl methyl sites for hydroxylation is 1. The van der Waals surface area contributed by atoms with Gasteiger partial charge in [0.2, 0.25) is 0 Å². The number of carbonyl (C=O) groups excluding carboxylic acids is 1. The first-order chi connectivity index (χ1) is 16.5. The first-order valence-electron chi connectivity index (χ1n) is 10.4. The predicted molar refractivity (Wildman–Crippen MR) is 131 cm³/mol. The molecular weight excluding hydrogens is 453 g/mol. The van der Waals surface area contributed by atoms with Crippen molar-refractivity contribution in [2.75, 3.05) is 12.9 Å². The van der Waals surface area contributed by atoms with Crippen LogP contribution in [0.3, 0.4) is 0 Å². The van der Waals surface area contributed by atoms with Crippen molar-refractivity contribution in [1.29, 1.82) is 0 Å². The summed E-state index contributed by atoms with van der Waals surface area (Å²) in [4.78, 5) is 12.3. The molecule has 1 heterocycles. The average molecular weight is 476 g/mol. The molecule has 0 aliphatic heterocycles. The van der Waals surface area contributed by atoms with Crippen LogP contribution in [0.4, 0.5) is 4.39 Å². The van der Waals surface area contributed by atoms with E-state index in [1.54, 1.807) is 25.3 Å². The largest absolute Gasteiger partial charge is 0.497 e. The van der Waals surface area contributed by atoms with Crippen LogP contribution in [0.25, 0.3) is 17.1 Å². The van der Waals surface area contributed by atoms with Crippen LogP contribution in [0.15, 0.2) is 83.1 Å². The highest BCUT2D eigenvalue weighted by Gasteiger charge is 2.17. The molecule has 0 atom stereocenters.